The quantitative estimate of drug-likeness (QED) is 0.916. The van der Waals surface area contributed by atoms with E-state index in [9.17, 15) is 0 Å². The zero-order valence-electron chi connectivity index (χ0n) is 11.6. The molecule has 0 saturated heterocycles. The Morgan fingerprint density at radius 1 is 1.05 bits per heavy atom. The molecule has 19 heavy (non-hydrogen) atoms. The third-order valence-electron chi connectivity index (χ3n) is 4.07. The Kier molecular flexibility index (Phi) is 3.07. The maximum atomic E-state index is 5.56. The second-order valence-corrected chi connectivity index (χ2v) is 4.91. The standard InChI is InChI=1S/C16H19NO2/c1-17-12-7-6-11-13(18-2)8-4-10-5-9-14(19-3)16(12)15(10)11/h4-5,8-9,12,17H,6-7H2,1-3H3. The minimum absolute atomic E-state index is 0.346. The summed E-state index contributed by atoms with van der Waals surface area (Å²) >= 11 is 0. The first-order valence-corrected chi connectivity index (χ1v) is 6.64. The molecule has 0 bridgehead atoms. The Hall–Kier alpha value is -1.74. The highest BCUT2D eigenvalue weighted by Crippen LogP contribution is 2.43. The van der Waals surface area contributed by atoms with Crippen LogP contribution >= 0.6 is 0 Å². The second kappa shape index (κ2) is 4.74. The van der Waals surface area contributed by atoms with E-state index >= 15 is 0 Å². The Morgan fingerprint density at radius 3 is 2.37 bits per heavy atom. The summed E-state index contributed by atoms with van der Waals surface area (Å²) in [5, 5.41) is 5.95. The van der Waals surface area contributed by atoms with Crippen LogP contribution in [0, 0.1) is 0 Å². The number of ether oxygens (including phenoxy) is 2. The second-order valence-electron chi connectivity index (χ2n) is 4.91. The molecule has 1 atom stereocenters. The highest BCUT2D eigenvalue weighted by Gasteiger charge is 2.26. The van der Waals surface area contributed by atoms with Crippen LogP contribution in [0.3, 0.4) is 0 Å². The maximum Gasteiger partial charge on any atom is 0.124 e. The Labute approximate surface area is 113 Å². The lowest BCUT2D eigenvalue weighted by Gasteiger charge is -2.28. The molecule has 1 aliphatic rings. The van der Waals surface area contributed by atoms with Crippen LogP contribution in [-0.2, 0) is 6.42 Å². The van der Waals surface area contributed by atoms with Crippen LogP contribution in [-0.4, -0.2) is 21.3 Å². The predicted octanol–water partition coefficient (Wildman–Crippen LogP) is 3.06. The summed E-state index contributed by atoms with van der Waals surface area (Å²) in [6, 6.07) is 8.72. The topological polar surface area (TPSA) is 30.5 Å². The van der Waals surface area contributed by atoms with E-state index in [1.807, 2.05) is 7.05 Å². The fourth-order valence-electron chi connectivity index (χ4n) is 3.17. The van der Waals surface area contributed by atoms with Crippen LogP contribution in [0.4, 0.5) is 0 Å². The van der Waals surface area contributed by atoms with E-state index in [1.54, 1.807) is 14.2 Å². The van der Waals surface area contributed by atoms with Crippen molar-refractivity contribution >= 4 is 10.8 Å². The zero-order chi connectivity index (χ0) is 13.4. The van der Waals surface area contributed by atoms with Gasteiger partial charge in [0.2, 0.25) is 0 Å². The summed E-state index contributed by atoms with van der Waals surface area (Å²) in [5.74, 6) is 1.94. The van der Waals surface area contributed by atoms with Gasteiger partial charge in [0.05, 0.1) is 14.2 Å². The summed E-state index contributed by atoms with van der Waals surface area (Å²) < 4.78 is 11.1. The van der Waals surface area contributed by atoms with Gasteiger partial charge in [-0.1, -0.05) is 12.1 Å². The minimum Gasteiger partial charge on any atom is -0.496 e. The number of rotatable bonds is 3. The van der Waals surface area contributed by atoms with Gasteiger partial charge in [-0.2, -0.15) is 0 Å². The fraction of sp³-hybridized carbons (Fsp3) is 0.375. The van der Waals surface area contributed by atoms with Crippen LogP contribution in [0.2, 0.25) is 0 Å². The van der Waals surface area contributed by atoms with Gasteiger partial charge in [0.25, 0.3) is 0 Å². The smallest absolute Gasteiger partial charge is 0.124 e. The van der Waals surface area contributed by atoms with Crippen molar-refractivity contribution in [2.24, 2.45) is 0 Å². The van der Waals surface area contributed by atoms with Crippen LogP contribution in [0.1, 0.15) is 23.6 Å². The van der Waals surface area contributed by atoms with E-state index in [0.717, 1.165) is 24.3 Å². The van der Waals surface area contributed by atoms with Crippen LogP contribution in [0.15, 0.2) is 24.3 Å². The molecule has 0 aromatic heterocycles. The molecule has 0 amide bonds. The molecule has 2 aromatic rings. The van der Waals surface area contributed by atoms with Crippen LogP contribution < -0.4 is 14.8 Å². The normalized spacial score (nSPS) is 17.5. The molecular formula is C16H19NO2. The van der Waals surface area contributed by atoms with Gasteiger partial charge in [-0.15, -0.1) is 0 Å². The van der Waals surface area contributed by atoms with Crippen molar-refractivity contribution in [1.82, 2.24) is 5.32 Å². The van der Waals surface area contributed by atoms with Gasteiger partial charge in [0.15, 0.2) is 0 Å². The average Bonchev–Trinajstić information content (AvgIpc) is 2.48. The van der Waals surface area contributed by atoms with Crippen molar-refractivity contribution in [3.8, 4) is 11.5 Å². The van der Waals surface area contributed by atoms with E-state index in [4.69, 9.17) is 9.47 Å². The van der Waals surface area contributed by atoms with Crippen LogP contribution in [0.5, 0.6) is 11.5 Å². The molecule has 1 aliphatic carbocycles. The van der Waals surface area contributed by atoms with Gasteiger partial charge in [-0.25, -0.2) is 0 Å². The fourth-order valence-corrected chi connectivity index (χ4v) is 3.17. The molecule has 0 saturated carbocycles. The summed E-state index contributed by atoms with van der Waals surface area (Å²) in [6.07, 6.45) is 2.10. The number of hydrogen-bond donors (Lipinski definition) is 1. The molecule has 3 heteroatoms. The molecule has 0 heterocycles. The lowest BCUT2D eigenvalue weighted by Crippen LogP contribution is -2.21. The van der Waals surface area contributed by atoms with Crippen molar-refractivity contribution < 1.29 is 9.47 Å². The first-order chi connectivity index (χ1) is 9.30. The van der Waals surface area contributed by atoms with Gasteiger partial charge >= 0.3 is 0 Å². The molecule has 1 N–H and O–H groups in total. The van der Waals surface area contributed by atoms with E-state index in [1.165, 1.54) is 21.9 Å². The summed E-state index contributed by atoms with van der Waals surface area (Å²) in [5.41, 5.74) is 2.57. The Balaban J connectivity index is 2.39. The van der Waals surface area contributed by atoms with Gasteiger partial charge in [0, 0.05) is 17.2 Å². The lowest BCUT2D eigenvalue weighted by molar-refractivity contribution is 0.393. The molecule has 3 nitrogen and oxygen atoms in total. The van der Waals surface area contributed by atoms with Gasteiger partial charge in [0.1, 0.15) is 11.5 Å². The number of benzene rings is 2. The van der Waals surface area contributed by atoms with Crippen molar-refractivity contribution in [2.75, 3.05) is 21.3 Å². The van der Waals surface area contributed by atoms with Gasteiger partial charge in [-0.05, 0) is 42.8 Å². The highest BCUT2D eigenvalue weighted by molar-refractivity contribution is 5.93. The third kappa shape index (κ3) is 1.77. The molecule has 0 fully saturated rings. The highest BCUT2D eigenvalue weighted by atomic mass is 16.5. The SMILES string of the molecule is CNC1CCc2c(OC)ccc3ccc(OC)c1c23. The number of aryl methyl sites for hydroxylation is 1. The minimum atomic E-state index is 0.346. The first kappa shape index (κ1) is 12.3. The van der Waals surface area contributed by atoms with Crippen molar-refractivity contribution in [3.05, 3.63) is 35.4 Å². The Bertz CT molecular complexity index is 616. The van der Waals surface area contributed by atoms with E-state index in [2.05, 4.69) is 29.6 Å². The molecule has 0 aliphatic heterocycles. The van der Waals surface area contributed by atoms with Crippen LogP contribution in [0.25, 0.3) is 10.8 Å². The average molecular weight is 257 g/mol. The molecule has 1 unspecified atom stereocenters. The third-order valence-corrected chi connectivity index (χ3v) is 4.07. The largest absolute Gasteiger partial charge is 0.496 e. The summed E-state index contributed by atoms with van der Waals surface area (Å²) in [6.45, 7) is 0. The summed E-state index contributed by atoms with van der Waals surface area (Å²) in [7, 11) is 5.48. The maximum absolute atomic E-state index is 5.56. The molecular weight excluding hydrogens is 238 g/mol. The van der Waals surface area contributed by atoms with E-state index in [-0.39, 0.29) is 0 Å². The van der Waals surface area contributed by atoms with Gasteiger partial charge < -0.3 is 14.8 Å². The zero-order valence-corrected chi connectivity index (χ0v) is 11.6. The lowest BCUT2D eigenvalue weighted by atomic mass is 9.84. The van der Waals surface area contributed by atoms with Crippen molar-refractivity contribution in [2.45, 2.75) is 18.9 Å². The number of hydrogen-bond acceptors (Lipinski definition) is 3. The molecule has 0 radical (unpaired) electrons. The molecule has 3 rings (SSSR count). The van der Waals surface area contributed by atoms with Crippen molar-refractivity contribution in [1.29, 1.82) is 0 Å². The number of methoxy groups -OCH3 is 2. The Morgan fingerprint density at radius 2 is 1.74 bits per heavy atom. The van der Waals surface area contributed by atoms with Crippen molar-refractivity contribution in [3.63, 3.8) is 0 Å². The molecule has 0 spiro atoms. The molecule has 2 aromatic carbocycles. The number of nitrogens with one attached hydrogen (secondary N) is 1. The monoisotopic (exact) mass is 257 g/mol. The molecule has 100 valence electrons. The van der Waals surface area contributed by atoms with E-state index in [0.29, 0.717) is 6.04 Å². The van der Waals surface area contributed by atoms with Gasteiger partial charge in [-0.3, -0.25) is 0 Å². The van der Waals surface area contributed by atoms with E-state index < -0.39 is 0 Å². The first-order valence-electron chi connectivity index (χ1n) is 6.64. The predicted molar refractivity (Wildman–Crippen MR) is 77.2 cm³/mol. The summed E-state index contributed by atoms with van der Waals surface area (Å²) in [4.78, 5) is 0.